The maximum atomic E-state index is 3.51. The van der Waals surface area contributed by atoms with E-state index in [1.165, 1.54) is 23.1 Å². The molecule has 1 saturated heterocycles. The third-order valence-corrected chi connectivity index (χ3v) is 3.01. The molecule has 0 spiro atoms. The van der Waals surface area contributed by atoms with Gasteiger partial charge in [-0.2, -0.15) is 0 Å². The summed E-state index contributed by atoms with van der Waals surface area (Å²) in [7, 11) is 0. The number of benzene rings is 1. The Balaban J connectivity index is 2.18. The standard InChI is InChI=1S/C12H17N/c1-8-4-5-11(6-9(8)2)12-7-10(3)13-12/h4-6,10,12-13H,7H2,1-3H3. The van der Waals surface area contributed by atoms with Crippen LogP contribution >= 0.6 is 0 Å². The van der Waals surface area contributed by atoms with E-state index in [0.29, 0.717) is 12.1 Å². The van der Waals surface area contributed by atoms with Crippen LogP contribution in [0.1, 0.15) is 36.1 Å². The summed E-state index contributed by atoms with van der Waals surface area (Å²) >= 11 is 0. The van der Waals surface area contributed by atoms with Gasteiger partial charge in [-0.3, -0.25) is 0 Å². The van der Waals surface area contributed by atoms with Gasteiger partial charge in [0.2, 0.25) is 0 Å². The maximum Gasteiger partial charge on any atom is 0.0337 e. The quantitative estimate of drug-likeness (QED) is 0.692. The minimum atomic E-state index is 0.606. The summed E-state index contributed by atoms with van der Waals surface area (Å²) in [4.78, 5) is 0. The summed E-state index contributed by atoms with van der Waals surface area (Å²) in [6.45, 7) is 6.58. The van der Waals surface area contributed by atoms with Gasteiger partial charge >= 0.3 is 0 Å². The first kappa shape index (κ1) is 8.76. The molecule has 0 aromatic heterocycles. The Hall–Kier alpha value is -0.820. The van der Waals surface area contributed by atoms with Crippen LogP contribution in [0.5, 0.6) is 0 Å². The fourth-order valence-electron chi connectivity index (χ4n) is 1.89. The lowest BCUT2D eigenvalue weighted by atomic mass is 9.90. The van der Waals surface area contributed by atoms with Crippen LogP contribution in [0.4, 0.5) is 0 Å². The average molecular weight is 175 g/mol. The van der Waals surface area contributed by atoms with Gasteiger partial charge in [0.05, 0.1) is 0 Å². The van der Waals surface area contributed by atoms with Crippen molar-refractivity contribution in [2.24, 2.45) is 0 Å². The Morgan fingerprint density at radius 2 is 1.92 bits per heavy atom. The second-order valence-corrected chi connectivity index (χ2v) is 4.20. The van der Waals surface area contributed by atoms with E-state index in [-0.39, 0.29) is 0 Å². The number of hydrogen-bond donors (Lipinski definition) is 1. The first-order valence-electron chi connectivity index (χ1n) is 5.00. The van der Waals surface area contributed by atoms with Crippen molar-refractivity contribution in [2.45, 2.75) is 39.3 Å². The number of nitrogens with one attached hydrogen (secondary N) is 1. The third kappa shape index (κ3) is 1.61. The van der Waals surface area contributed by atoms with E-state index in [0.717, 1.165) is 0 Å². The average Bonchev–Trinajstić information content (AvgIpc) is 2.05. The molecule has 0 radical (unpaired) electrons. The van der Waals surface area contributed by atoms with Gasteiger partial charge in [-0.15, -0.1) is 0 Å². The summed E-state index contributed by atoms with van der Waals surface area (Å²) in [5.41, 5.74) is 4.23. The zero-order chi connectivity index (χ0) is 9.42. The van der Waals surface area contributed by atoms with Crippen molar-refractivity contribution in [1.29, 1.82) is 0 Å². The molecule has 0 saturated carbocycles. The van der Waals surface area contributed by atoms with Crippen LogP contribution in [0.25, 0.3) is 0 Å². The van der Waals surface area contributed by atoms with Crippen molar-refractivity contribution in [1.82, 2.24) is 5.32 Å². The van der Waals surface area contributed by atoms with Crippen LogP contribution in [0, 0.1) is 13.8 Å². The van der Waals surface area contributed by atoms with Crippen LogP contribution in [0.15, 0.2) is 18.2 Å². The van der Waals surface area contributed by atoms with Crippen molar-refractivity contribution >= 4 is 0 Å². The summed E-state index contributed by atoms with van der Waals surface area (Å²) < 4.78 is 0. The molecule has 0 bridgehead atoms. The normalized spacial score (nSPS) is 27.0. The van der Waals surface area contributed by atoms with Crippen molar-refractivity contribution < 1.29 is 0 Å². The molecule has 1 nitrogen and oxygen atoms in total. The van der Waals surface area contributed by atoms with Gasteiger partial charge in [-0.25, -0.2) is 0 Å². The summed E-state index contributed by atoms with van der Waals surface area (Å²) in [6, 6.07) is 8.07. The molecule has 70 valence electrons. The smallest absolute Gasteiger partial charge is 0.0337 e. The van der Waals surface area contributed by atoms with Crippen LogP contribution in [0.2, 0.25) is 0 Å². The molecule has 1 heterocycles. The highest BCUT2D eigenvalue weighted by atomic mass is 15.0. The monoisotopic (exact) mass is 175 g/mol. The lowest BCUT2D eigenvalue weighted by Gasteiger charge is -2.35. The van der Waals surface area contributed by atoms with E-state index in [9.17, 15) is 0 Å². The van der Waals surface area contributed by atoms with Gasteiger partial charge < -0.3 is 5.32 Å². The Bertz CT molecular complexity index is 311. The highest BCUT2D eigenvalue weighted by molar-refractivity contribution is 5.32. The minimum absolute atomic E-state index is 0.606. The summed E-state index contributed by atoms with van der Waals surface area (Å²) in [5, 5.41) is 3.51. The van der Waals surface area contributed by atoms with E-state index in [1.807, 2.05) is 0 Å². The predicted molar refractivity (Wildman–Crippen MR) is 55.9 cm³/mol. The number of hydrogen-bond acceptors (Lipinski definition) is 1. The molecule has 2 unspecified atom stereocenters. The largest absolute Gasteiger partial charge is 0.307 e. The lowest BCUT2D eigenvalue weighted by molar-refractivity contribution is 0.287. The molecule has 1 fully saturated rings. The van der Waals surface area contributed by atoms with Crippen LogP contribution < -0.4 is 5.32 Å². The molecule has 1 aliphatic heterocycles. The summed E-state index contributed by atoms with van der Waals surface area (Å²) in [6.07, 6.45) is 1.28. The van der Waals surface area contributed by atoms with E-state index >= 15 is 0 Å². The SMILES string of the molecule is Cc1ccc(C2CC(C)N2)cc1C. The lowest BCUT2D eigenvalue weighted by Crippen LogP contribution is -2.43. The Morgan fingerprint density at radius 3 is 2.46 bits per heavy atom. The highest BCUT2D eigenvalue weighted by Gasteiger charge is 2.25. The molecule has 13 heavy (non-hydrogen) atoms. The van der Waals surface area contributed by atoms with Crippen molar-refractivity contribution in [3.63, 3.8) is 0 Å². The molecule has 1 aliphatic rings. The first-order valence-corrected chi connectivity index (χ1v) is 5.00. The zero-order valence-corrected chi connectivity index (χ0v) is 8.59. The first-order chi connectivity index (χ1) is 6.16. The van der Waals surface area contributed by atoms with Crippen molar-refractivity contribution in [3.8, 4) is 0 Å². The van der Waals surface area contributed by atoms with Crippen LogP contribution in [-0.2, 0) is 0 Å². The van der Waals surface area contributed by atoms with Crippen molar-refractivity contribution in [3.05, 3.63) is 34.9 Å². The summed E-state index contributed by atoms with van der Waals surface area (Å²) in [5.74, 6) is 0. The van der Waals surface area contributed by atoms with E-state index < -0.39 is 0 Å². The third-order valence-electron chi connectivity index (χ3n) is 3.01. The van der Waals surface area contributed by atoms with Crippen molar-refractivity contribution in [2.75, 3.05) is 0 Å². The second-order valence-electron chi connectivity index (χ2n) is 4.20. The topological polar surface area (TPSA) is 12.0 Å². The van der Waals surface area contributed by atoms with Crippen LogP contribution in [0.3, 0.4) is 0 Å². The number of rotatable bonds is 1. The Kier molecular flexibility index (Phi) is 2.12. The molecule has 0 amide bonds. The second kappa shape index (κ2) is 3.15. The molecular weight excluding hydrogens is 158 g/mol. The van der Waals surface area contributed by atoms with Gasteiger partial charge in [-0.05, 0) is 43.9 Å². The van der Waals surface area contributed by atoms with Gasteiger partial charge in [0.1, 0.15) is 0 Å². The van der Waals surface area contributed by atoms with Gasteiger partial charge in [0.15, 0.2) is 0 Å². The Morgan fingerprint density at radius 1 is 1.23 bits per heavy atom. The van der Waals surface area contributed by atoms with E-state index in [1.54, 1.807) is 0 Å². The number of aryl methyl sites for hydroxylation is 2. The molecule has 1 N–H and O–H groups in total. The zero-order valence-electron chi connectivity index (χ0n) is 8.59. The maximum absolute atomic E-state index is 3.51. The Labute approximate surface area is 80.2 Å². The highest BCUT2D eigenvalue weighted by Crippen LogP contribution is 2.28. The van der Waals surface area contributed by atoms with Gasteiger partial charge in [0.25, 0.3) is 0 Å². The molecule has 1 aromatic carbocycles. The fourth-order valence-corrected chi connectivity index (χ4v) is 1.89. The molecule has 0 aliphatic carbocycles. The van der Waals surface area contributed by atoms with E-state index in [2.05, 4.69) is 44.3 Å². The van der Waals surface area contributed by atoms with Crippen LogP contribution in [-0.4, -0.2) is 6.04 Å². The molecular formula is C12H17N. The molecule has 1 heteroatoms. The molecule has 2 atom stereocenters. The van der Waals surface area contributed by atoms with Gasteiger partial charge in [0, 0.05) is 12.1 Å². The van der Waals surface area contributed by atoms with Gasteiger partial charge in [-0.1, -0.05) is 18.2 Å². The predicted octanol–water partition coefficient (Wildman–Crippen LogP) is 2.73. The minimum Gasteiger partial charge on any atom is -0.307 e. The molecule has 2 rings (SSSR count). The fraction of sp³-hybridized carbons (Fsp3) is 0.500. The molecule has 1 aromatic rings. The van der Waals surface area contributed by atoms with E-state index in [4.69, 9.17) is 0 Å².